The van der Waals surface area contributed by atoms with Gasteiger partial charge in [0, 0.05) is 11.8 Å². The zero-order valence-corrected chi connectivity index (χ0v) is 7.71. The molecule has 0 aromatic heterocycles. The SMILES string of the molecule is CO[N+](=O)c1ccc(N)cc1C(F)(F)F. The molecule has 82 valence electrons. The Morgan fingerprint density at radius 3 is 2.47 bits per heavy atom. The zero-order valence-electron chi connectivity index (χ0n) is 7.71. The summed E-state index contributed by atoms with van der Waals surface area (Å²) in [6.45, 7) is 0. The molecule has 0 aliphatic heterocycles. The van der Waals surface area contributed by atoms with Crippen molar-refractivity contribution in [2.75, 3.05) is 12.8 Å². The number of benzene rings is 1. The monoisotopic (exact) mass is 221 g/mol. The fourth-order valence-corrected chi connectivity index (χ4v) is 1.04. The first-order valence-electron chi connectivity index (χ1n) is 3.84. The normalized spacial score (nSPS) is 11.2. The lowest BCUT2D eigenvalue weighted by atomic mass is 10.1. The van der Waals surface area contributed by atoms with Crippen molar-refractivity contribution < 1.29 is 22.9 Å². The van der Waals surface area contributed by atoms with Gasteiger partial charge in [-0.1, -0.05) is 0 Å². The van der Waals surface area contributed by atoms with Gasteiger partial charge in [-0.25, -0.2) is 4.84 Å². The number of nitrogens with two attached hydrogens (primary N) is 1. The quantitative estimate of drug-likeness (QED) is 0.615. The maximum absolute atomic E-state index is 12.4. The minimum atomic E-state index is -4.65. The maximum Gasteiger partial charge on any atom is 0.423 e. The molecule has 0 saturated carbocycles. The van der Waals surface area contributed by atoms with Crippen LogP contribution < -0.4 is 5.73 Å². The van der Waals surface area contributed by atoms with E-state index in [0.717, 1.165) is 13.2 Å². The topological polar surface area (TPSA) is 55.3 Å². The van der Waals surface area contributed by atoms with E-state index in [4.69, 9.17) is 5.73 Å². The second-order valence-corrected chi connectivity index (χ2v) is 2.71. The molecular formula is C8H8F3N2O2+. The Bertz CT molecular complexity index is 390. The number of nitrogen functional groups attached to an aromatic ring is 1. The Morgan fingerprint density at radius 2 is 2.00 bits per heavy atom. The molecule has 1 aromatic rings. The van der Waals surface area contributed by atoms with Crippen LogP contribution in [-0.2, 0) is 11.0 Å². The van der Waals surface area contributed by atoms with E-state index in [1.165, 1.54) is 6.07 Å². The summed E-state index contributed by atoms with van der Waals surface area (Å²) in [5.74, 6) is 0. The van der Waals surface area contributed by atoms with Gasteiger partial charge in [-0.3, -0.25) is 0 Å². The van der Waals surface area contributed by atoms with E-state index in [2.05, 4.69) is 4.84 Å². The molecule has 2 N–H and O–H groups in total. The maximum atomic E-state index is 12.4. The molecule has 0 spiro atoms. The Labute approximate surface area is 83.0 Å². The van der Waals surface area contributed by atoms with Gasteiger partial charge in [0.15, 0.2) is 7.11 Å². The van der Waals surface area contributed by atoms with Crippen molar-refractivity contribution in [3.63, 3.8) is 0 Å². The molecule has 1 aromatic carbocycles. The molecular weight excluding hydrogens is 213 g/mol. The first kappa shape index (κ1) is 11.3. The van der Waals surface area contributed by atoms with Crippen LogP contribution in [0.3, 0.4) is 0 Å². The number of hydrogen-bond acceptors (Lipinski definition) is 3. The Balaban J connectivity index is 3.33. The summed E-state index contributed by atoms with van der Waals surface area (Å²) in [6.07, 6.45) is -4.65. The van der Waals surface area contributed by atoms with Crippen LogP contribution in [0.4, 0.5) is 24.5 Å². The average molecular weight is 221 g/mol. The Morgan fingerprint density at radius 1 is 1.40 bits per heavy atom. The molecule has 0 aliphatic rings. The van der Waals surface area contributed by atoms with E-state index >= 15 is 0 Å². The second-order valence-electron chi connectivity index (χ2n) is 2.71. The summed E-state index contributed by atoms with van der Waals surface area (Å²) in [6, 6.07) is 2.82. The summed E-state index contributed by atoms with van der Waals surface area (Å²) in [4.78, 5) is 14.9. The largest absolute Gasteiger partial charge is 0.423 e. The third-order valence-corrected chi connectivity index (χ3v) is 1.69. The first-order valence-corrected chi connectivity index (χ1v) is 3.84. The molecule has 15 heavy (non-hydrogen) atoms. The molecule has 0 radical (unpaired) electrons. The molecule has 7 heteroatoms. The van der Waals surface area contributed by atoms with Gasteiger partial charge in [0.25, 0.3) is 4.92 Å². The van der Waals surface area contributed by atoms with Gasteiger partial charge >= 0.3 is 11.9 Å². The Hall–Kier alpha value is -1.79. The average Bonchev–Trinajstić information content (AvgIpc) is 2.15. The second kappa shape index (κ2) is 3.76. The third kappa shape index (κ3) is 2.36. The standard InChI is InChI=1S/C8H8F3N2O2/c1-15-13(14)7-3-2-5(12)4-6(7)8(9,10)11/h2-4H,12H2,1H3/q+1. The van der Waals surface area contributed by atoms with Crippen LogP contribution in [0.5, 0.6) is 0 Å². The first-order chi connectivity index (χ1) is 6.86. The molecule has 0 amide bonds. The van der Waals surface area contributed by atoms with Gasteiger partial charge in [0.2, 0.25) is 0 Å². The van der Waals surface area contributed by atoms with Crippen molar-refractivity contribution in [2.45, 2.75) is 6.18 Å². The third-order valence-electron chi connectivity index (χ3n) is 1.69. The summed E-state index contributed by atoms with van der Waals surface area (Å²) >= 11 is 0. The fraction of sp³-hybridized carbons (Fsp3) is 0.250. The smallest absolute Gasteiger partial charge is 0.399 e. The highest BCUT2D eigenvalue weighted by Gasteiger charge is 2.40. The zero-order chi connectivity index (χ0) is 11.6. The number of rotatable bonds is 2. The van der Waals surface area contributed by atoms with Crippen molar-refractivity contribution >= 4 is 11.4 Å². The summed E-state index contributed by atoms with van der Waals surface area (Å²) < 4.78 is 37.3. The lowest BCUT2D eigenvalue weighted by Crippen LogP contribution is -2.11. The van der Waals surface area contributed by atoms with E-state index in [9.17, 15) is 18.1 Å². The van der Waals surface area contributed by atoms with Crippen LogP contribution in [0.15, 0.2) is 18.2 Å². The predicted octanol–water partition coefficient (Wildman–Crippen LogP) is 2.26. The van der Waals surface area contributed by atoms with Crippen LogP contribution >= 0.6 is 0 Å². The summed E-state index contributed by atoms with van der Waals surface area (Å²) in [7, 11) is 0.976. The molecule has 0 fully saturated rings. The highest BCUT2D eigenvalue weighted by molar-refractivity contribution is 5.52. The lowest BCUT2D eigenvalue weighted by molar-refractivity contribution is -0.737. The fourth-order valence-electron chi connectivity index (χ4n) is 1.04. The molecule has 0 bridgehead atoms. The van der Waals surface area contributed by atoms with E-state index in [1.807, 2.05) is 0 Å². The number of alkyl halides is 3. The highest BCUT2D eigenvalue weighted by Crippen LogP contribution is 2.37. The lowest BCUT2D eigenvalue weighted by Gasteiger charge is -2.06. The van der Waals surface area contributed by atoms with Crippen molar-refractivity contribution in [1.82, 2.24) is 0 Å². The molecule has 4 nitrogen and oxygen atoms in total. The molecule has 0 atom stereocenters. The van der Waals surface area contributed by atoms with Crippen LogP contribution in [0.1, 0.15) is 5.56 Å². The number of nitrogens with zero attached hydrogens (tertiary/aromatic N) is 1. The molecule has 0 saturated heterocycles. The van der Waals surface area contributed by atoms with Crippen molar-refractivity contribution in [1.29, 1.82) is 0 Å². The molecule has 0 aliphatic carbocycles. The van der Waals surface area contributed by atoms with E-state index in [-0.39, 0.29) is 10.6 Å². The van der Waals surface area contributed by atoms with E-state index in [1.54, 1.807) is 0 Å². The number of anilines is 1. The number of hydrogen-bond donors (Lipinski definition) is 1. The van der Waals surface area contributed by atoms with Crippen LogP contribution in [0, 0.1) is 4.91 Å². The molecule has 0 heterocycles. The molecule has 1 rings (SSSR count). The van der Waals surface area contributed by atoms with Gasteiger partial charge in [0.1, 0.15) is 5.56 Å². The summed E-state index contributed by atoms with van der Waals surface area (Å²) in [5.41, 5.74) is 3.38. The van der Waals surface area contributed by atoms with Crippen molar-refractivity contribution in [3.05, 3.63) is 28.7 Å². The van der Waals surface area contributed by atoms with Gasteiger partial charge < -0.3 is 5.73 Å². The Kier molecular flexibility index (Phi) is 2.83. The molecule has 0 unspecified atom stereocenters. The van der Waals surface area contributed by atoms with Gasteiger partial charge in [-0.05, 0) is 12.1 Å². The minimum absolute atomic E-state index is 0.0735. The van der Waals surface area contributed by atoms with Crippen molar-refractivity contribution in [2.24, 2.45) is 0 Å². The minimum Gasteiger partial charge on any atom is -0.399 e. The van der Waals surface area contributed by atoms with Crippen molar-refractivity contribution in [3.8, 4) is 0 Å². The predicted molar refractivity (Wildman–Crippen MR) is 46.2 cm³/mol. The van der Waals surface area contributed by atoms with Crippen LogP contribution in [0.25, 0.3) is 0 Å². The van der Waals surface area contributed by atoms with Gasteiger partial charge in [-0.15, -0.1) is 0 Å². The highest BCUT2D eigenvalue weighted by atomic mass is 19.4. The van der Waals surface area contributed by atoms with E-state index < -0.39 is 17.4 Å². The van der Waals surface area contributed by atoms with Crippen LogP contribution in [0.2, 0.25) is 0 Å². The van der Waals surface area contributed by atoms with Gasteiger partial charge in [0.05, 0.1) is 4.91 Å². The number of halogens is 3. The van der Waals surface area contributed by atoms with E-state index in [0.29, 0.717) is 6.07 Å². The summed E-state index contributed by atoms with van der Waals surface area (Å²) in [5, 5.41) is 0. The van der Waals surface area contributed by atoms with Crippen LogP contribution in [-0.4, -0.2) is 12.0 Å². The van der Waals surface area contributed by atoms with Gasteiger partial charge in [-0.2, -0.15) is 13.2 Å².